The average molecular weight is 304 g/mol. The van der Waals surface area contributed by atoms with Crippen molar-refractivity contribution in [2.75, 3.05) is 11.9 Å². The van der Waals surface area contributed by atoms with Crippen LogP contribution in [0.1, 0.15) is 36.4 Å². The molecule has 1 amide bonds. The second-order valence-corrected chi connectivity index (χ2v) is 6.36. The Morgan fingerprint density at radius 1 is 1.56 bits per heavy atom. The van der Waals surface area contributed by atoms with Crippen molar-refractivity contribution in [3.63, 3.8) is 0 Å². The molecule has 0 saturated heterocycles. The molecule has 0 saturated carbocycles. The van der Waals surface area contributed by atoms with Gasteiger partial charge in [-0.1, -0.05) is 35.8 Å². The number of hydrogen-bond acceptors (Lipinski definition) is 2. The highest BCUT2D eigenvalue weighted by Crippen LogP contribution is 2.22. The Morgan fingerprint density at radius 3 is 2.88 bits per heavy atom. The first-order chi connectivity index (χ1) is 7.55. The number of alkyl halides is 1. The molecule has 0 aromatic carbocycles. The van der Waals surface area contributed by atoms with Gasteiger partial charge in [0.25, 0.3) is 5.91 Å². The molecule has 4 heteroatoms. The zero-order chi connectivity index (χ0) is 12.0. The molecule has 0 fully saturated rings. The molecule has 90 valence electrons. The van der Waals surface area contributed by atoms with Crippen LogP contribution < -0.4 is 5.32 Å². The van der Waals surface area contributed by atoms with Gasteiger partial charge in [-0.25, -0.2) is 0 Å². The summed E-state index contributed by atoms with van der Waals surface area (Å²) in [6.07, 6.45) is 2.25. The lowest BCUT2D eigenvalue weighted by molar-refractivity contribution is 0.0938. The lowest BCUT2D eigenvalue weighted by Gasteiger charge is -2.24. The van der Waals surface area contributed by atoms with Crippen LogP contribution in [-0.4, -0.2) is 17.8 Å². The lowest BCUT2D eigenvalue weighted by atomic mass is 9.88. The Morgan fingerprint density at radius 2 is 2.31 bits per heavy atom. The summed E-state index contributed by atoms with van der Waals surface area (Å²) in [5.41, 5.74) is 0.167. The van der Waals surface area contributed by atoms with Crippen LogP contribution >= 0.6 is 27.3 Å². The Kier molecular flexibility index (Phi) is 5.49. The van der Waals surface area contributed by atoms with E-state index in [9.17, 15) is 4.79 Å². The van der Waals surface area contributed by atoms with Gasteiger partial charge in [-0.15, -0.1) is 11.3 Å². The van der Waals surface area contributed by atoms with Gasteiger partial charge in [0.1, 0.15) is 0 Å². The van der Waals surface area contributed by atoms with E-state index >= 15 is 0 Å². The first-order valence-corrected chi connectivity index (χ1v) is 7.43. The van der Waals surface area contributed by atoms with Crippen molar-refractivity contribution in [3.05, 3.63) is 22.4 Å². The van der Waals surface area contributed by atoms with Gasteiger partial charge in [-0.2, -0.15) is 0 Å². The van der Waals surface area contributed by atoms with Gasteiger partial charge in [0.2, 0.25) is 0 Å². The SMILES string of the molecule is CC(C)(CCCBr)CNC(=O)c1cccs1. The smallest absolute Gasteiger partial charge is 0.261 e. The zero-order valence-electron chi connectivity index (χ0n) is 9.75. The van der Waals surface area contributed by atoms with Gasteiger partial charge in [0.05, 0.1) is 4.88 Å². The number of halogens is 1. The number of carbonyl (C=O) groups is 1. The van der Waals surface area contributed by atoms with E-state index in [-0.39, 0.29) is 11.3 Å². The number of carbonyl (C=O) groups excluding carboxylic acids is 1. The third-order valence-electron chi connectivity index (χ3n) is 2.46. The number of hydrogen-bond donors (Lipinski definition) is 1. The number of thiophene rings is 1. The molecule has 0 atom stereocenters. The van der Waals surface area contributed by atoms with Gasteiger partial charge in [-0.3, -0.25) is 4.79 Å². The van der Waals surface area contributed by atoms with Gasteiger partial charge in [0.15, 0.2) is 0 Å². The summed E-state index contributed by atoms with van der Waals surface area (Å²) in [6.45, 7) is 5.10. The molecule has 1 aromatic heterocycles. The van der Waals surface area contributed by atoms with Crippen LogP contribution in [0.15, 0.2) is 17.5 Å². The third kappa shape index (κ3) is 4.66. The molecule has 1 N–H and O–H groups in total. The van der Waals surface area contributed by atoms with E-state index in [1.54, 1.807) is 0 Å². The number of amides is 1. The summed E-state index contributed by atoms with van der Waals surface area (Å²) in [5.74, 6) is 0.0434. The van der Waals surface area contributed by atoms with E-state index in [2.05, 4.69) is 35.1 Å². The molecule has 0 aliphatic carbocycles. The van der Waals surface area contributed by atoms with Gasteiger partial charge in [-0.05, 0) is 29.7 Å². The van der Waals surface area contributed by atoms with Crippen molar-refractivity contribution in [1.29, 1.82) is 0 Å². The van der Waals surface area contributed by atoms with Gasteiger partial charge in [0, 0.05) is 11.9 Å². The van der Waals surface area contributed by atoms with E-state index in [0.29, 0.717) is 0 Å². The summed E-state index contributed by atoms with van der Waals surface area (Å²) in [6, 6.07) is 3.75. The van der Waals surface area contributed by atoms with E-state index in [4.69, 9.17) is 0 Å². The molecule has 0 unspecified atom stereocenters. The molecular formula is C12H18BrNOS. The van der Waals surface area contributed by atoms with E-state index in [0.717, 1.165) is 29.6 Å². The summed E-state index contributed by atoms with van der Waals surface area (Å²) in [4.78, 5) is 12.5. The number of nitrogens with one attached hydrogen (secondary N) is 1. The summed E-state index contributed by atoms with van der Waals surface area (Å²) in [7, 11) is 0. The topological polar surface area (TPSA) is 29.1 Å². The molecule has 1 heterocycles. The maximum absolute atomic E-state index is 11.7. The van der Waals surface area contributed by atoms with Crippen LogP contribution in [0.5, 0.6) is 0 Å². The van der Waals surface area contributed by atoms with Gasteiger partial charge >= 0.3 is 0 Å². The molecule has 0 radical (unpaired) electrons. The van der Waals surface area contributed by atoms with Crippen molar-refractivity contribution in [2.24, 2.45) is 5.41 Å². The fourth-order valence-electron chi connectivity index (χ4n) is 1.45. The van der Waals surface area contributed by atoms with E-state index in [1.807, 2.05) is 17.5 Å². The first kappa shape index (κ1) is 13.7. The molecule has 0 aliphatic heterocycles. The normalized spacial score (nSPS) is 11.4. The molecule has 16 heavy (non-hydrogen) atoms. The maximum atomic E-state index is 11.7. The van der Waals surface area contributed by atoms with Crippen LogP contribution in [0.3, 0.4) is 0 Å². The molecular weight excluding hydrogens is 286 g/mol. The van der Waals surface area contributed by atoms with Gasteiger partial charge < -0.3 is 5.32 Å². The number of rotatable bonds is 6. The molecule has 0 aliphatic rings. The van der Waals surface area contributed by atoms with Crippen molar-refractivity contribution >= 4 is 33.2 Å². The fourth-order valence-corrected chi connectivity index (χ4v) is 2.37. The Hall–Kier alpha value is -0.350. The van der Waals surface area contributed by atoms with Crippen molar-refractivity contribution in [2.45, 2.75) is 26.7 Å². The highest BCUT2D eigenvalue weighted by atomic mass is 79.9. The van der Waals surface area contributed by atoms with Crippen molar-refractivity contribution in [3.8, 4) is 0 Å². The Labute approximate surface area is 110 Å². The first-order valence-electron chi connectivity index (χ1n) is 5.43. The van der Waals surface area contributed by atoms with E-state index in [1.165, 1.54) is 11.3 Å². The average Bonchev–Trinajstić information content (AvgIpc) is 2.77. The summed E-state index contributed by atoms with van der Waals surface area (Å²) >= 11 is 4.91. The van der Waals surface area contributed by atoms with E-state index < -0.39 is 0 Å². The monoisotopic (exact) mass is 303 g/mol. The molecule has 1 aromatic rings. The lowest BCUT2D eigenvalue weighted by Crippen LogP contribution is -2.33. The van der Waals surface area contributed by atoms with Crippen LogP contribution in [-0.2, 0) is 0 Å². The quantitative estimate of drug-likeness (QED) is 0.798. The molecule has 0 bridgehead atoms. The van der Waals surface area contributed by atoms with Crippen molar-refractivity contribution < 1.29 is 4.79 Å². The minimum atomic E-state index is 0.0434. The third-order valence-corrected chi connectivity index (χ3v) is 3.89. The fraction of sp³-hybridized carbons (Fsp3) is 0.583. The molecule has 2 nitrogen and oxygen atoms in total. The summed E-state index contributed by atoms with van der Waals surface area (Å²) < 4.78 is 0. The Bertz CT molecular complexity index is 322. The second kappa shape index (κ2) is 6.40. The Balaban J connectivity index is 2.36. The summed E-state index contributed by atoms with van der Waals surface area (Å²) in [5, 5.41) is 5.94. The predicted octanol–water partition coefficient (Wildman–Crippen LogP) is 3.68. The minimum Gasteiger partial charge on any atom is -0.351 e. The molecule has 1 rings (SSSR count). The highest BCUT2D eigenvalue weighted by molar-refractivity contribution is 9.09. The predicted molar refractivity (Wildman–Crippen MR) is 73.5 cm³/mol. The second-order valence-electron chi connectivity index (χ2n) is 4.62. The maximum Gasteiger partial charge on any atom is 0.261 e. The standard InChI is InChI=1S/C12H18BrNOS/c1-12(2,6-4-7-13)9-14-11(15)10-5-3-8-16-10/h3,5,8H,4,6-7,9H2,1-2H3,(H,14,15). The van der Waals surface area contributed by atoms with Crippen LogP contribution in [0.2, 0.25) is 0 Å². The highest BCUT2D eigenvalue weighted by Gasteiger charge is 2.18. The van der Waals surface area contributed by atoms with Crippen LogP contribution in [0, 0.1) is 5.41 Å². The zero-order valence-corrected chi connectivity index (χ0v) is 12.2. The van der Waals surface area contributed by atoms with Crippen LogP contribution in [0.4, 0.5) is 0 Å². The van der Waals surface area contributed by atoms with Crippen LogP contribution in [0.25, 0.3) is 0 Å². The van der Waals surface area contributed by atoms with Crippen molar-refractivity contribution in [1.82, 2.24) is 5.32 Å². The largest absolute Gasteiger partial charge is 0.351 e. The minimum absolute atomic E-state index is 0.0434. The molecule has 0 spiro atoms.